The number of nitrogens with zero attached hydrogens (tertiary/aromatic N) is 1. The van der Waals surface area contributed by atoms with Gasteiger partial charge in [0.25, 0.3) is 11.7 Å². The van der Waals surface area contributed by atoms with Gasteiger partial charge < -0.3 is 10.0 Å². The molecular formula is C25H29NO3. The van der Waals surface area contributed by atoms with Crippen LogP contribution < -0.4 is 0 Å². The maximum absolute atomic E-state index is 12.9. The number of likely N-dealkylation sites (tertiary alicyclic amines) is 1. The lowest BCUT2D eigenvalue weighted by Crippen LogP contribution is -2.30. The van der Waals surface area contributed by atoms with E-state index >= 15 is 0 Å². The molecule has 0 aromatic heterocycles. The molecule has 29 heavy (non-hydrogen) atoms. The van der Waals surface area contributed by atoms with Gasteiger partial charge in [0.05, 0.1) is 11.6 Å². The predicted molar refractivity (Wildman–Crippen MR) is 115 cm³/mol. The van der Waals surface area contributed by atoms with Crippen LogP contribution >= 0.6 is 0 Å². The third-order valence-electron chi connectivity index (χ3n) is 5.46. The summed E-state index contributed by atoms with van der Waals surface area (Å²) in [6.45, 7) is 2.70. The molecule has 1 saturated heterocycles. The van der Waals surface area contributed by atoms with Crippen molar-refractivity contribution in [1.29, 1.82) is 0 Å². The topological polar surface area (TPSA) is 57.6 Å². The van der Waals surface area contributed by atoms with Crippen molar-refractivity contribution in [1.82, 2.24) is 4.90 Å². The number of ketones is 1. The Morgan fingerprint density at radius 1 is 0.862 bits per heavy atom. The van der Waals surface area contributed by atoms with Gasteiger partial charge in [-0.25, -0.2) is 0 Å². The minimum Gasteiger partial charge on any atom is -0.507 e. The molecule has 0 saturated carbocycles. The van der Waals surface area contributed by atoms with E-state index in [2.05, 4.69) is 6.92 Å². The summed E-state index contributed by atoms with van der Waals surface area (Å²) in [5.74, 6) is -1.24. The van der Waals surface area contributed by atoms with Crippen LogP contribution in [0.25, 0.3) is 5.76 Å². The monoisotopic (exact) mass is 391 g/mol. The molecule has 1 aliphatic heterocycles. The van der Waals surface area contributed by atoms with E-state index in [1.807, 2.05) is 36.4 Å². The number of carbonyl (C=O) groups is 2. The molecular weight excluding hydrogens is 362 g/mol. The van der Waals surface area contributed by atoms with Gasteiger partial charge in [0.1, 0.15) is 5.76 Å². The maximum Gasteiger partial charge on any atom is 0.295 e. The first-order valence-electron chi connectivity index (χ1n) is 10.5. The van der Waals surface area contributed by atoms with Crippen molar-refractivity contribution >= 4 is 17.4 Å². The van der Waals surface area contributed by atoms with Crippen molar-refractivity contribution in [3.05, 3.63) is 77.4 Å². The summed E-state index contributed by atoms with van der Waals surface area (Å²) in [6, 6.07) is 17.9. The minimum atomic E-state index is -0.605. The van der Waals surface area contributed by atoms with Crippen molar-refractivity contribution in [3.63, 3.8) is 0 Å². The fourth-order valence-electron chi connectivity index (χ4n) is 3.91. The summed E-state index contributed by atoms with van der Waals surface area (Å²) in [7, 11) is 0. The average Bonchev–Trinajstić information content (AvgIpc) is 3.01. The van der Waals surface area contributed by atoms with Crippen LogP contribution in [-0.2, 0) is 9.59 Å². The number of aliphatic hydroxyl groups excluding tert-OH is 1. The van der Waals surface area contributed by atoms with E-state index in [0.717, 1.165) is 24.8 Å². The van der Waals surface area contributed by atoms with Gasteiger partial charge in [0.2, 0.25) is 0 Å². The zero-order valence-electron chi connectivity index (χ0n) is 17.0. The summed E-state index contributed by atoms with van der Waals surface area (Å²) >= 11 is 0. The highest BCUT2D eigenvalue weighted by molar-refractivity contribution is 6.46. The standard InChI is InChI=1S/C25H29NO3/c1-2-3-4-5-6-13-18-26-22(19-14-9-7-10-15-19)21(24(28)25(26)29)23(27)20-16-11-8-12-17-20/h7-12,14-17,22,27H,2-6,13,18H2,1H3. The van der Waals surface area contributed by atoms with Gasteiger partial charge in [-0.05, 0) is 12.0 Å². The van der Waals surface area contributed by atoms with Crippen LogP contribution in [0.4, 0.5) is 0 Å². The molecule has 0 aliphatic carbocycles. The van der Waals surface area contributed by atoms with E-state index < -0.39 is 17.7 Å². The number of hydrogen-bond donors (Lipinski definition) is 1. The Hall–Kier alpha value is -2.88. The second-order valence-corrected chi connectivity index (χ2v) is 7.54. The van der Waals surface area contributed by atoms with E-state index in [1.54, 1.807) is 29.2 Å². The molecule has 0 spiro atoms. The van der Waals surface area contributed by atoms with Gasteiger partial charge in [0.15, 0.2) is 0 Å². The van der Waals surface area contributed by atoms with Crippen molar-refractivity contribution in [3.8, 4) is 0 Å². The van der Waals surface area contributed by atoms with Gasteiger partial charge in [-0.2, -0.15) is 0 Å². The quantitative estimate of drug-likeness (QED) is 0.267. The number of aliphatic hydroxyl groups is 1. The van der Waals surface area contributed by atoms with Gasteiger partial charge in [-0.15, -0.1) is 0 Å². The molecule has 0 radical (unpaired) electrons. The Bertz CT molecular complexity index is 858. The molecule has 3 rings (SSSR count). The molecule has 1 fully saturated rings. The highest BCUT2D eigenvalue weighted by atomic mass is 16.3. The summed E-state index contributed by atoms with van der Waals surface area (Å²) in [6.07, 6.45) is 6.64. The molecule has 1 N–H and O–H groups in total. The summed E-state index contributed by atoms with van der Waals surface area (Å²) in [4.78, 5) is 27.3. The van der Waals surface area contributed by atoms with Crippen molar-refractivity contribution in [2.75, 3.05) is 6.54 Å². The molecule has 1 unspecified atom stereocenters. The Morgan fingerprint density at radius 3 is 2.10 bits per heavy atom. The second kappa shape index (κ2) is 10.1. The Labute approximate surface area is 172 Å². The van der Waals surface area contributed by atoms with Crippen LogP contribution in [0.1, 0.15) is 62.6 Å². The fraction of sp³-hybridized carbons (Fsp3) is 0.360. The number of amides is 1. The van der Waals surface area contributed by atoms with Gasteiger partial charge in [-0.3, -0.25) is 9.59 Å². The largest absolute Gasteiger partial charge is 0.507 e. The molecule has 1 aliphatic rings. The van der Waals surface area contributed by atoms with E-state index in [9.17, 15) is 14.7 Å². The first kappa shape index (κ1) is 20.8. The lowest BCUT2D eigenvalue weighted by Gasteiger charge is -2.25. The Morgan fingerprint density at radius 2 is 1.45 bits per heavy atom. The summed E-state index contributed by atoms with van der Waals surface area (Å²) in [5, 5.41) is 10.9. The molecule has 1 amide bonds. The summed E-state index contributed by atoms with van der Waals surface area (Å²) < 4.78 is 0. The molecule has 4 nitrogen and oxygen atoms in total. The van der Waals surface area contributed by atoms with Gasteiger partial charge >= 0.3 is 0 Å². The van der Waals surface area contributed by atoms with Crippen LogP contribution in [0.2, 0.25) is 0 Å². The lowest BCUT2D eigenvalue weighted by atomic mass is 9.95. The third kappa shape index (κ3) is 4.76. The smallest absolute Gasteiger partial charge is 0.295 e. The number of carbonyl (C=O) groups excluding carboxylic acids is 2. The zero-order chi connectivity index (χ0) is 20.6. The maximum atomic E-state index is 12.9. The lowest BCUT2D eigenvalue weighted by molar-refractivity contribution is -0.139. The van der Waals surface area contributed by atoms with E-state index in [0.29, 0.717) is 12.1 Å². The molecule has 2 aromatic rings. The molecule has 152 valence electrons. The second-order valence-electron chi connectivity index (χ2n) is 7.54. The van der Waals surface area contributed by atoms with E-state index in [1.165, 1.54) is 19.3 Å². The molecule has 2 aromatic carbocycles. The third-order valence-corrected chi connectivity index (χ3v) is 5.46. The Kier molecular flexibility index (Phi) is 7.23. The molecule has 4 heteroatoms. The number of Topliss-reactive ketones (excluding diaryl/α,β-unsaturated/α-hetero) is 1. The molecule has 1 atom stereocenters. The van der Waals surface area contributed by atoms with Crippen LogP contribution in [0.3, 0.4) is 0 Å². The van der Waals surface area contributed by atoms with Crippen LogP contribution in [-0.4, -0.2) is 28.2 Å². The predicted octanol–water partition coefficient (Wildman–Crippen LogP) is 5.47. The first-order chi connectivity index (χ1) is 14.1. The molecule has 0 bridgehead atoms. The minimum absolute atomic E-state index is 0.108. The van der Waals surface area contributed by atoms with Crippen LogP contribution in [0, 0.1) is 0 Å². The van der Waals surface area contributed by atoms with Crippen molar-refractivity contribution in [2.45, 2.75) is 51.5 Å². The number of rotatable bonds is 9. The fourth-order valence-corrected chi connectivity index (χ4v) is 3.91. The van der Waals surface area contributed by atoms with Crippen molar-refractivity contribution in [2.24, 2.45) is 0 Å². The SMILES string of the molecule is CCCCCCCCN1C(=O)C(=O)C(=C(O)c2ccccc2)C1c1ccccc1. The highest BCUT2D eigenvalue weighted by Gasteiger charge is 2.45. The normalized spacial score (nSPS) is 18.4. The average molecular weight is 392 g/mol. The van der Waals surface area contributed by atoms with Gasteiger partial charge in [-0.1, -0.05) is 99.7 Å². The summed E-state index contributed by atoms with van der Waals surface area (Å²) in [5.41, 5.74) is 1.57. The number of benzene rings is 2. The van der Waals surface area contributed by atoms with Crippen molar-refractivity contribution < 1.29 is 14.7 Å². The van der Waals surface area contributed by atoms with Crippen LogP contribution in [0.15, 0.2) is 66.2 Å². The zero-order valence-corrected chi connectivity index (χ0v) is 17.0. The highest BCUT2D eigenvalue weighted by Crippen LogP contribution is 2.39. The number of hydrogen-bond acceptors (Lipinski definition) is 3. The molecule has 1 heterocycles. The number of unbranched alkanes of at least 4 members (excludes halogenated alkanes) is 5. The van der Waals surface area contributed by atoms with Crippen LogP contribution in [0.5, 0.6) is 0 Å². The van der Waals surface area contributed by atoms with Gasteiger partial charge in [0, 0.05) is 12.1 Å². The Balaban J connectivity index is 1.90. The first-order valence-corrected chi connectivity index (χ1v) is 10.5. The van der Waals surface area contributed by atoms with E-state index in [-0.39, 0.29) is 11.3 Å². The van der Waals surface area contributed by atoms with E-state index in [4.69, 9.17) is 0 Å².